The fraction of sp³-hybridized carbons (Fsp3) is 0.296. The first-order valence-electron chi connectivity index (χ1n) is 11.6. The Kier molecular flexibility index (Phi) is 7.37. The second-order valence-corrected chi connectivity index (χ2v) is 9.68. The fourth-order valence-electron chi connectivity index (χ4n) is 3.79. The number of alkyl carbamates (subject to hydrolysis) is 1. The molecule has 10 heteroatoms. The van der Waals surface area contributed by atoms with Gasteiger partial charge in [0.15, 0.2) is 17.5 Å². The maximum absolute atomic E-state index is 14.3. The summed E-state index contributed by atoms with van der Waals surface area (Å²) in [6.07, 6.45) is 2.29. The molecule has 0 spiro atoms. The van der Waals surface area contributed by atoms with Crippen LogP contribution in [0.4, 0.5) is 18.0 Å². The number of nitrogens with one attached hydrogen (secondary N) is 2. The number of ether oxygens (including phenoxy) is 2. The van der Waals surface area contributed by atoms with Gasteiger partial charge in [-0.25, -0.2) is 18.0 Å². The van der Waals surface area contributed by atoms with Crippen LogP contribution in [0, 0.1) is 24.4 Å². The molecule has 4 aromatic rings. The molecule has 0 aliphatic rings. The Labute approximate surface area is 212 Å². The van der Waals surface area contributed by atoms with Gasteiger partial charge in [-0.05, 0) is 69.5 Å². The zero-order chi connectivity index (χ0) is 26.7. The minimum atomic E-state index is -1.57. The second kappa shape index (κ2) is 10.5. The highest BCUT2D eigenvalue weighted by Crippen LogP contribution is 2.27. The molecule has 2 aromatic heterocycles. The van der Waals surface area contributed by atoms with Crippen molar-refractivity contribution in [2.45, 2.75) is 45.8 Å². The second-order valence-electron chi connectivity index (χ2n) is 9.68. The maximum atomic E-state index is 14.3. The Hall–Kier alpha value is -4.08. The van der Waals surface area contributed by atoms with Gasteiger partial charge in [-0.3, -0.25) is 10.1 Å². The molecule has 2 N–H and O–H groups in total. The van der Waals surface area contributed by atoms with Crippen LogP contribution in [0.25, 0.3) is 22.0 Å². The van der Waals surface area contributed by atoms with Crippen molar-refractivity contribution in [3.05, 3.63) is 77.5 Å². The number of halogens is 3. The minimum Gasteiger partial charge on any atom is -0.490 e. The van der Waals surface area contributed by atoms with Crippen LogP contribution < -0.4 is 10.1 Å². The van der Waals surface area contributed by atoms with Crippen LogP contribution >= 0.6 is 0 Å². The van der Waals surface area contributed by atoms with Gasteiger partial charge in [-0.2, -0.15) is 5.10 Å². The first kappa shape index (κ1) is 26.0. The number of aromatic amines is 1. The molecule has 2 heterocycles. The van der Waals surface area contributed by atoms with Gasteiger partial charge in [0.05, 0.1) is 17.8 Å². The van der Waals surface area contributed by atoms with Gasteiger partial charge in [0.25, 0.3) is 0 Å². The average Bonchev–Trinajstić information content (AvgIpc) is 3.22. The topological polar surface area (TPSA) is 89.1 Å². The summed E-state index contributed by atoms with van der Waals surface area (Å²) in [6, 6.07) is 8.75. The average molecular weight is 513 g/mol. The van der Waals surface area contributed by atoms with E-state index < -0.39 is 35.2 Å². The zero-order valence-electron chi connectivity index (χ0n) is 20.9. The normalized spacial score (nSPS) is 12.4. The lowest BCUT2D eigenvalue weighted by Gasteiger charge is -2.24. The molecule has 1 amide bonds. The lowest BCUT2D eigenvalue weighted by Crippen LogP contribution is -2.43. The van der Waals surface area contributed by atoms with Crippen molar-refractivity contribution in [3.63, 3.8) is 0 Å². The number of carbonyl (C=O) groups excluding carboxylic acids is 1. The predicted octanol–water partition coefficient (Wildman–Crippen LogP) is 5.87. The van der Waals surface area contributed by atoms with Gasteiger partial charge in [-0.1, -0.05) is 12.1 Å². The molecule has 4 rings (SSSR count). The van der Waals surface area contributed by atoms with Crippen LogP contribution in [-0.2, 0) is 11.2 Å². The van der Waals surface area contributed by atoms with Crippen LogP contribution in [0.3, 0.4) is 0 Å². The van der Waals surface area contributed by atoms with Crippen molar-refractivity contribution in [2.24, 2.45) is 0 Å². The highest BCUT2D eigenvalue weighted by atomic mass is 19.2. The molecule has 0 bridgehead atoms. The van der Waals surface area contributed by atoms with Crippen molar-refractivity contribution >= 4 is 17.0 Å². The molecule has 0 aliphatic carbocycles. The number of hydrogen-bond donors (Lipinski definition) is 2. The third-order valence-corrected chi connectivity index (χ3v) is 5.54. The molecular formula is C27H27F3N4O3. The number of aromatic nitrogens is 3. The summed E-state index contributed by atoms with van der Waals surface area (Å²) < 4.78 is 52.7. The van der Waals surface area contributed by atoms with E-state index in [2.05, 4.69) is 20.5 Å². The number of rotatable bonds is 7. The summed E-state index contributed by atoms with van der Waals surface area (Å²) in [6.45, 7) is 6.93. The number of nitrogens with zero attached hydrogens (tertiary/aromatic N) is 2. The summed E-state index contributed by atoms with van der Waals surface area (Å²) in [7, 11) is 0. The van der Waals surface area contributed by atoms with E-state index >= 15 is 0 Å². The van der Waals surface area contributed by atoms with Crippen LogP contribution in [0.1, 0.15) is 32.0 Å². The largest absolute Gasteiger partial charge is 0.490 e. The summed E-state index contributed by atoms with van der Waals surface area (Å²) in [5.41, 5.74) is 2.61. The first-order chi connectivity index (χ1) is 17.5. The van der Waals surface area contributed by atoms with E-state index in [0.717, 1.165) is 39.9 Å². The number of amides is 1. The monoisotopic (exact) mass is 512 g/mol. The highest BCUT2D eigenvalue weighted by molar-refractivity contribution is 5.86. The lowest BCUT2D eigenvalue weighted by molar-refractivity contribution is 0.0487. The lowest BCUT2D eigenvalue weighted by atomic mass is 10.0. The molecule has 7 nitrogen and oxygen atoms in total. The zero-order valence-corrected chi connectivity index (χ0v) is 20.9. The first-order valence-corrected chi connectivity index (χ1v) is 11.6. The Morgan fingerprint density at radius 3 is 2.59 bits per heavy atom. The van der Waals surface area contributed by atoms with E-state index in [4.69, 9.17) is 9.47 Å². The molecule has 37 heavy (non-hydrogen) atoms. The standard InChI is InChI=1S/C27H27F3N4O3/c1-15-21-11-16(6-8-23(21)34-33-15)18-10-20(13-31-12-18)36-14-19(32-26(35)37-27(2,3)4)9-17-5-7-22(28)25(30)24(17)29/h5-8,10-13,19H,9,14H2,1-4H3,(H,32,35)(H,33,34)/t19-/m0/s1. The molecule has 0 saturated carbocycles. The highest BCUT2D eigenvalue weighted by Gasteiger charge is 2.23. The number of carbonyl (C=O) groups is 1. The predicted molar refractivity (Wildman–Crippen MR) is 133 cm³/mol. The van der Waals surface area contributed by atoms with Gasteiger partial charge in [-0.15, -0.1) is 0 Å². The third-order valence-electron chi connectivity index (χ3n) is 5.54. The summed E-state index contributed by atoms with van der Waals surface area (Å²) in [5, 5.41) is 10.8. The van der Waals surface area contributed by atoms with Crippen LogP contribution in [0.2, 0.25) is 0 Å². The van der Waals surface area contributed by atoms with E-state index in [9.17, 15) is 18.0 Å². The van der Waals surface area contributed by atoms with Gasteiger partial charge in [0, 0.05) is 22.8 Å². The number of fused-ring (bicyclic) bond motifs is 1. The number of benzene rings is 2. The summed E-state index contributed by atoms with van der Waals surface area (Å²) in [5.74, 6) is -3.77. The summed E-state index contributed by atoms with van der Waals surface area (Å²) >= 11 is 0. The Balaban J connectivity index is 1.53. The van der Waals surface area contributed by atoms with Crippen molar-refractivity contribution in [2.75, 3.05) is 6.61 Å². The van der Waals surface area contributed by atoms with E-state index in [0.29, 0.717) is 5.75 Å². The molecule has 0 fully saturated rings. The van der Waals surface area contributed by atoms with Crippen molar-refractivity contribution in [1.29, 1.82) is 0 Å². The molecular weight excluding hydrogens is 485 g/mol. The molecule has 0 radical (unpaired) electrons. The summed E-state index contributed by atoms with van der Waals surface area (Å²) in [4.78, 5) is 16.6. The van der Waals surface area contributed by atoms with Crippen molar-refractivity contribution < 1.29 is 27.4 Å². The number of hydrogen-bond acceptors (Lipinski definition) is 5. The number of aryl methyl sites for hydroxylation is 1. The molecule has 0 unspecified atom stereocenters. The third kappa shape index (κ3) is 6.38. The van der Waals surface area contributed by atoms with Crippen LogP contribution in [0.15, 0.2) is 48.8 Å². The smallest absolute Gasteiger partial charge is 0.408 e. The van der Waals surface area contributed by atoms with Gasteiger partial charge in [0.1, 0.15) is 18.0 Å². The molecule has 1 atom stereocenters. The van der Waals surface area contributed by atoms with E-state index in [-0.39, 0.29) is 18.6 Å². The Morgan fingerprint density at radius 1 is 1.05 bits per heavy atom. The van der Waals surface area contributed by atoms with Gasteiger partial charge in [0.2, 0.25) is 0 Å². The minimum absolute atomic E-state index is 0.108. The fourth-order valence-corrected chi connectivity index (χ4v) is 3.79. The molecule has 2 aromatic carbocycles. The molecule has 0 aliphatic heterocycles. The van der Waals surface area contributed by atoms with E-state index in [1.54, 1.807) is 33.0 Å². The Bertz CT molecular complexity index is 1430. The molecule has 194 valence electrons. The quantitative estimate of drug-likeness (QED) is 0.303. The van der Waals surface area contributed by atoms with Gasteiger partial charge < -0.3 is 14.8 Å². The van der Waals surface area contributed by atoms with Gasteiger partial charge >= 0.3 is 6.09 Å². The van der Waals surface area contributed by atoms with E-state index in [1.165, 1.54) is 6.20 Å². The SMILES string of the molecule is Cc1[nH]nc2ccc(-c3cncc(OC[C@H](Cc4ccc(F)c(F)c4F)NC(=O)OC(C)(C)C)c3)cc12. The van der Waals surface area contributed by atoms with Crippen LogP contribution in [0.5, 0.6) is 5.75 Å². The van der Waals surface area contributed by atoms with Crippen molar-refractivity contribution in [3.8, 4) is 16.9 Å². The van der Waals surface area contributed by atoms with Crippen LogP contribution in [-0.4, -0.2) is 39.5 Å². The molecule has 0 saturated heterocycles. The van der Waals surface area contributed by atoms with Crippen molar-refractivity contribution in [1.82, 2.24) is 20.5 Å². The van der Waals surface area contributed by atoms with E-state index in [1.807, 2.05) is 25.1 Å². The number of pyridine rings is 1. The Morgan fingerprint density at radius 2 is 1.84 bits per heavy atom. The maximum Gasteiger partial charge on any atom is 0.408 e. The number of H-pyrrole nitrogens is 1.